The highest BCUT2D eigenvalue weighted by molar-refractivity contribution is 6.31. The lowest BCUT2D eigenvalue weighted by molar-refractivity contribution is -0.145. The van der Waals surface area contributed by atoms with Crippen LogP contribution in [-0.2, 0) is 10.9 Å². The molecule has 3 aromatic rings. The molecule has 1 atom stereocenters. The van der Waals surface area contributed by atoms with E-state index in [2.05, 4.69) is 44.1 Å². The number of ether oxygens (including phenoxy) is 1. The van der Waals surface area contributed by atoms with Gasteiger partial charge >= 0.3 is 12.1 Å². The van der Waals surface area contributed by atoms with Gasteiger partial charge in [-0.3, -0.25) is 9.58 Å². The Hall–Kier alpha value is -3.24. The van der Waals surface area contributed by atoms with Gasteiger partial charge < -0.3 is 14.5 Å². The molecule has 44 heavy (non-hydrogen) atoms. The van der Waals surface area contributed by atoms with Crippen LogP contribution in [0.1, 0.15) is 61.1 Å². The molecule has 3 fully saturated rings. The van der Waals surface area contributed by atoms with Crippen LogP contribution in [0.3, 0.4) is 0 Å². The van der Waals surface area contributed by atoms with E-state index in [1.807, 2.05) is 18.2 Å². The van der Waals surface area contributed by atoms with E-state index in [0.717, 1.165) is 59.8 Å². The third-order valence-electron chi connectivity index (χ3n) is 9.26. The first-order valence-electron chi connectivity index (χ1n) is 15.7. The number of nitrogens with zero attached hydrogens (tertiary/aromatic N) is 5. The van der Waals surface area contributed by atoms with Gasteiger partial charge in [0.15, 0.2) is 5.69 Å². The largest absolute Gasteiger partial charge is 0.462 e. The van der Waals surface area contributed by atoms with Crippen molar-refractivity contribution in [2.24, 2.45) is 5.92 Å². The summed E-state index contributed by atoms with van der Waals surface area (Å²) in [6.45, 7) is 7.93. The summed E-state index contributed by atoms with van der Waals surface area (Å²) in [4.78, 5) is 19.4. The summed E-state index contributed by atoms with van der Waals surface area (Å²) in [5.41, 5.74) is 2.43. The topological polar surface area (TPSA) is 53.8 Å². The molecule has 1 aliphatic carbocycles. The Bertz CT molecular complexity index is 1450. The van der Waals surface area contributed by atoms with Gasteiger partial charge in [-0.05, 0) is 68.4 Å². The Morgan fingerprint density at radius 1 is 0.977 bits per heavy atom. The summed E-state index contributed by atoms with van der Waals surface area (Å²) in [6, 6.07) is 13.7. The van der Waals surface area contributed by atoms with E-state index in [1.165, 1.54) is 31.5 Å². The predicted octanol–water partition coefficient (Wildman–Crippen LogP) is 7.16. The number of benzene rings is 2. The zero-order valence-electron chi connectivity index (χ0n) is 25.0. The predicted molar refractivity (Wildman–Crippen MR) is 167 cm³/mol. The van der Waals surface area contributed by atoms with Crippen LogP contribution in [-0.4, -0.2) is 73.1 Å². The number of alkyl halides is 3. The second-order valence-electron chi connectivity index (χ2n) is 12.1. The van der Waals surface area contributed by atoms with Crippen LogP contribution in [0.4, 0.5) is 24.5 Å². The number of piperidine rings is 1. The molecule has 0 spiro atoms. The van der Waals surface area contributed by atoms with Gasteiger partial charge in [-0.15, -0.1) is 0 Å². The molecule has 1 saturated carbocycles. The standard InChI is InChI=1S/C33H39ClF3N5O2/c1-2-44-32(43)29-20-38-42(31(29)33(35,36)37)27-7-4-14-41(22-27)30-19-25(34)10-13-28(30)24-8-11-26(12-9-24)40-17-15-39(16-18-40)21-23-5-3-6-23/h8-13,19-20,23,27H,2-7,14-18,21-22H2,1H3. The third kappa shape index (κ3) is 6.56. The van der Waals surface area contributed by atoms with Gasteiger partial charge in [0, 0.05) is 67.8 Å². The summed E-state index contributed by atoms with van der Waals surface area (Å²) in [5, 5.41) is 4.61. The minimum atomic E-state index is -4.76. The van der Waals surface area contributed by atoms with Crippen molar-refractivity contribution in [2.75, 3.05) is 62.2 Å². The van der Waals surface area contributed by atoms with E-state index in [9.17, 15) is 18.0 Å². The second kappa shape index (κ2) is 13.0. The number of aromatic nitrogens is 2. The summed E-state index contributed by atoms with van der Waals surface area (Å²) in [5.74, 6) is -0.132. The maximum atomic E-state index is 14.2. The average molecular weight is 630 g/mol. The Morgan fingerprint density at radius 3 is 2.39 bits per heavy atom. The van der Waals surface area contributed by atoms with Gasteiger partial charge in [-0.25, -0.2) is 4.79 Å². The Labute approximate surface area is 261 Å². The maximum absolute atomic E-state index is 14.2. The zero-order chi connectivity index (χ0) is 30.8. The van der Waals surface area contributed by atoms with E-state index in [1.54, 1.807) is 6.92 Å². The summed E-state index contributed by atoms with van der Waals surface area (Å²) >= 11 is 6.46. The Morgan fingerprint density at radius 2 is 1.73 bits per heavy atom. The fraction of sp³-hybridized carbons (Fsp3) is 0.515. The lowest BCUT2D eigenvalue weighted by Crippen LogP contribution is -2.48. The zero-order valence-corrected chi connectivity index (χ0v) is 25.8. The molecule has 1 aromatic heterocycles. The van der Waals surface area contributed by atoms with Crippen LogP contribution >= 0.6 is 11.6 Å². The first-order chi connectivity index (χ1) is 21.2. The number of anilines is 2. The van der Waals surface area contributed by atoms with Crippen molar-refractivity contribution < 1.29 is 22.7 Å². The fourth-order valence-electron chi connectivity index (χ4n) is 6.74. The van der Waals surface area contributed by atoms with Crippen LogP contribution in [0.15, 0.2) is 48.7 Å². The summed E-state index contributed by atoms with van der Waals surface area (Å²) in [7, 11) is 0. The lowest BCUT2D eigenvalue weighted by Gasteiger charge is -2.39. The molecular formula is C33H39ClF3N5O2. The number of carbonyl (C=O) groups excluding carboxylic acids is 1. The quantitative estimate of drug-likeness (QED) is 0.247. The smallest absolute Gasteiger partial charge is 0.433 e. The van der Waals surface area contributed by atoms with Crippen LogP contribution in [0.2, 0.25) is 5.02 Å². The molecule has 2 aliphatic heterocycles. The molecule has 6 rings (SSSR count). The number of rotatable bonds is 8. The molecule has 1 unspecified atom stereocenters. The van der Waals surface area contributed by atoms with E-state index < -0.39 is 29.4 Å². The molecule has 3 heterocycles. The van der Waals surface area contributed by atoms with Crippen molar-refractivity contribution in [3.63, 3.8) is 0 Å². The van der Waals surface area contributed by atoms with Crippen molar-refractivity contribution in [1.29, 1.82) is 0 Å². The number of piperazine rings is 1. The van der Waals surface area contributed by atoms with Crippen molar-refractivity contribution in [2.45, 2.75) is 51.2 Å². The third-order valence-corrected chi connectivity index (χ3v) is 9.49. The van der Waals surface area contributed by atoms with Gasteiger partial charge in [0.05, 0.1) is 18.8 Å². The number of esters is 1. The minimum absolute atomic E-state index is 0.0198. The molecule has 11 heteroatoms. The number of hydrogen-bond acceptors (Lipinski definition) is 6. The van der Waals surface area contributed by atoms with E-state index in [4.69, 9.17) is 16.3 Å². The number of carbonyl (C=O) groups is 1. The molecule has 3 aliphatic rings. The molecule has 7 nitrogen and oxygen atoms in total. The average Bonchev–Trinajstić information content (AvgIpc) is 3.46. The van der Waals surface area contributed by atoms with Crippen molar-refractivity contribution in [3.05, 3.63) is 64.9 Å². The van der Waals surface area contributed by atoms with Crippen LogP contribution in [0.25, 0.3) is 11.1 Å². The van der Waals surface area contributed by atoms with Gasteiger partial charge in [-0.2, -0.15) is 18.3 Å². The van der Waals surface area contributed by atoms with Gasteiger partial charge in [0.2, 0.25) is 0 Å². The van der Waals surface area contributed by atoms with Crippen LogP contribution in [0, 0.1) is 5.92 Å². The van der Waals surface area contributed by atoms with Crippen LogP contribution in [0.5, 0.6) is 0 Å². The van der Waals surface area contributed by atoms with Crippen molar-refractivity contribution >= 4 is 28.9 Å². The SMILES string of the molecule is CCOC(=O)c1cnn(C2CCCN(c3cc(Cl)ccc3-c3ccc(N4CCN(CC5CCC5)CC4)cc3)C2)c1C(F)(F)F. The molecule has 0 N–H and O–H groups in total. The monoisotopic (exact) mass is 629 g/mol. The van der Waals surface area contributed by atoms with Crippen molar-refractivity contribution in [3.8, 4) is 11.1 Å². The molecule has 2 aromatic carbocycles. The molecule has 2 saturated heterocycles. The molecular weight excluding hydrogens is 591 g/mol. The highest BCUT2D eigenvalue weighted by Crippen LogP contribution is 2.40. The Kier molecular flexibility index (Phi) is 9.10. The van der Waals surface area contributed by atoms with Gasteiger partial charge in [0.25, 0.3) is 0 Å². The summed E-state index contributed by atoms with van der Waals surface area (Å²) < 4.78 is 48.5. The van der Waals surface area contributed by atoms with E-state index in [-0.39, 0.29) is 6.61 Å². The molecule has 0 bridgehead atoms. The highest BCUT2D eigenvalue weighted by Gasteiger charge is 2.42. The maximum Gasteiger partial charge on any atom is 0.433 e. The van der Waals surface area contributed by atoms with Crippen LogP contribution < -0.4 is 9.80 Å². The normalized spacial score (nSPS) is 20.1. The Balaban J connectivity index is 1.20. The van der Waals surface area contributed by atoms with E-state index in [0.29, 0.717) is 31.0 Å². The first kappa shape index (κ1) is 30.8. The van der Waals surface area contributed by atoms with E-state index >= 15 is 0 Å². The number of halogens is 4. The van der Waals surface area contributed by atoms with Gasteiger partial charge in [-0.1, -0.05) is 36.2 Å². The first-order valence-corrected chi connectivity index (χ1v) is 16.0. The van der Waals surface area contributed by atoms with Crippen molar-refractivity contribution in [1.82, 2.24) is 14.7 Å². The molecule has 0 amide bonds. The summed E-state index contributed by atoms with van der Waals surface area (Å²) in [6.07, 6.45) is 1.51. The second-order valence-corrected chi connectivity index (χ2v) is 12.5. The van der Waals surface area contributed by atoms with Gasteiger partial charge in [0.1, 0.15) is 5.56 Å². The molecule has 236 valence electrons. The minimum Gasteiger partial charge on any atom is -0.462 e. The fourth-order valence-corrected chi connectivity index (χ4v) is 6.91. The lowest BCUT2D eigenvalue weighted by atomic mass is 9.85. The number of hydrogen-bond donors (Lipinski definition) is 0. The highest BCUT2D eigenvalue weighted by atomic mass is 35.5. The molecule has 0 radical (unpaired) electrons.